The van der Waals surface area contributed by atoms with E-state index in [1.54, 1.807) is 41.3 Å². The van der Waals surface area contributed by atoms with Crippen LogP contribution in [0.5, 0.6) is 0 Å². The molecule has 0 saturated carbocycles. The van der Waals surface area contributed by atoms with Gasteiger partial charge < -0.3 is 10.9 Å². The van der Waals surface area contributed by atoms with E-state index in [2.05, 4.69) is 10.3 Å². The summed E-state index contributed by atoms with van der Waals surface area (Å²) in [5.41, 5.74) is 6.80. The smallest absolute Gasteiger partial charge is 0.172 e. The molecular formula is C10H9ClN4O. The Hall–Kier alpha value is -2.01. The lowest BCUT2D eigenvalue weighted by atomic mass is 10.1. The number of oxime groups is 1. The zero-order valence-electron chi connectivity index (χ0n) is 8.21. The molecule has 0 bridgehead atoms. The van der Waals surface area contributed by atoms with Gasteiger partial charge in [0.05, 0.1) is 5.69 Å². The molecule has 1 aromatic heterocycles. The van der Waals surface area contributed by atoms with E-state index in [1.807, 2.05) is 0 Å². The molecule has 0 amide bonds. The number of nitrogens with two attached hydrogens (primary N) is 1. The van der Waals surface area contributed by atoms with Crippen LogP contribution in [0.2, 0.25) is 5.02 Å². The molecule has 0 spiro atoms. The van der Waals surface area contributed by atoms with Gasteiger partial charge in [-0.3, -0.25) is 0 Å². The first-order valence-corrected chi connectivity index (χ1v) is 4.87. The van der Waals surface area contributed by atoms with Crippen molar-refractivity contribution >= 4 is 17.4 Å². The van der Waals surface area contributed by atoms with E-state index in [-0.39, 0.29) is 5.84 Å². The van der Waals surface area contributed by atoms with Gasteiger partial charge in [-0.15, -0.1) is 0 Å². The van der Waals surface area contributed by atoms with Crippen molar-refractivity contribution in [2.24, 2.45) is 10.9 Å². The number of halogens is 1. The topological polar surface area (TPSA) is 76.4 Å². The summed E-state index contributed by atoms with van der Waals surface area (Å²) in [6.07, 6.45) is 3.40. The Morgan fingerprint density at radius 2 is 2.31 bits per heavy atom. The number of hydrogen-bond donors (Lipinski definition) is 2. The van der Waals surface area contributed by atoms with Crippen molar-refractivity contribution in [3.05, 3.63) is 47.2 Å². The largest absolute Gasteiger partial charge is 0.409 e. The standard InChI is InChI=1S/C10H9ClN4O/c11-7-2-3-9(15-5-1-4-13-15)8(6-7)10(12)14-16/h1-6,16H,(H2,12,14). The Labute approximate surface area is 96.7 Å². The Balaban J connectivity index is 2.62. The number of benzene rings is 1. The second-order valence-corrected chi connectivity index (χ2v) is 3.53. The predicted octanol–water partition coefficient (Wildman–Crippen LogP) is 1.62. The van der Waals surface area contributed by atoms with E-state index in [0.29, 0.717) is 16.3 Å². The molecule has 16 heavy (non-hydrogen) atoms. The average Bonchev–Trinajstić information content (AvgIpc) is 2.81. The van der Waals surface area contributed by atoms with Crippen LogP contribution >= 0.6 is 11.6 Å². The van der Waals surface area contributed by atoms with Gasteiger partial charge in [-0.25, -0.2) is 4.68 Å². The summed E-state index contributed by atoms with van der Waals surface area (Å²) in [6.45, 7) is 0. The fraction of sp³-hybridized carbons (Fsp3) is 0. The summed E-state index contributed by atoms with van der Waals surface area (Å²) in [6, 6.07) is 6.87. The second kappa shape index (κ2) is 4.24. The maximum absolute atomic E-state index is 8.69. The molecule has 0 atom stereocenters. The zero-order chi connectivity index (χ0) is 11.5. The van der Waals surface area contributed by atoms with Crippen LogP contribution in [0.25, 0.3) is 5.69 Å². The van der Waals surface area contributed by atoms with Gasteiger partial charge in [0.2, 0.25) is 0 Å². The van der Waals surface area contributed by atoms with Crippen LogP contribution in [0.4, 0.5) is 0 Å². The molecule has 0 aliphatic heterocycles. The van der Waals surface area contributed by atoms with Crippen molar-refractivity contribution in [1.82, 2.24) is 9.78 Å². The van der Waals surface area contributed by atoms with Crippen LogP contribution in [0, 0.1) is 0 Å². The first-order valence-electron chi connectivity index (χ1n) is 4.50. The minimum Gasteiger partial charge on any atom is -0.409 e. The van der Waals surface area contributed by atoms with Crippen molar-refractivity contribution in [3.8, 4) is 5.69 Å². The third-order valence-corrected chi connectivity index (χ3v) is 2.33. The molecule has 0 radical (unpaired) electrons. The third kappa shape index (κ3) is 1.85. The normalized spacial score (nSPS) is 11.7. The molecule has 6 heteroatoms. The van der Waals surface area contributed by atoms with Gasteiger partial charge in [0.1, 0.15) is 0 Å². The summed E-state index contributed by atoms with van der Waals surface area (Å²) < 4.78 is 1.61. The molecule has 0 saturated heterocycles. The van der Waals surface area contributed by atoms with Gasteiger partial charge in [0.25, 0.3) is 0 Å². The maximum atomic E-state index is 8.69. The zero-order valence-corrected chi connectivity index (χ0v) is 8.96. The van der Waals surface area contributed by atoms with Gasteiger partial charge in [-0.2, -0.15) is 5.10 Å². The Kier molecular flexibility index (Phi) is 2.78. The quantitative estimate of drug-likeness (QED) is 0.360. The molecule has 1 heterocycles. The van der Waals surface area contributed by atoms with Crippen molar-refractivity contribution in [2.75, 3.05) is 0 Å². The van der Waals surface area contributed by atoms with E-state index in [4.69, 9.17) is 22.5 Å². The second-order valence-electron chi connectivity index (χ2n) is 3.10. The lowest BCUT2D eigenvalue weighted by Gasteiger charge is -2.08. The Bertz CT molecular complexity index is 522. The van der Waals surface area contributed by atoms with Gasteiger partial charge in [-0.1, -0.05) is 16.8 Å². The predicted molar refractivity (Wildman–Crippen MR) is 61.1 cm³/mol. The summed E-state index contributed by atoms with van der Waals surface area (Å²) >= 11 is 5.86. The fourth-order valence-corrected chi connectivity index (χ4v) is 1.55. The third-order valence-electron chi connectivity index (χ3n) is 2.09. The van der Waals surface area contributed by atoms with Crippen LogP contribution in [-0.2, 0) is 0 Å². The molecule has 5 nitrogen and oxygen atoms in total. The van der Waals surface area contributed by atoms with E-state index < -0.39 is 0 Å². The fourth-order valence-electron chi connectivity index (χ4n) is 1.38. The monoisotopic (exact) mass is 236 g/mol. The van der Waals surface area contributed by atoms with Crippen LogP contribution in [-0.4, -0.2) is 20.8 Å². The van der Waals surface area contributed by atoms with Crippen molar-refractivity contribution in [3.63, 3.8) is 0 Å². The summed E-state index contributed by atoms with van der Waals surface area (Å²) in [5, 5.41) is 16.2. The molecule has 2 rings (SSSR count). The number of nitrogens with zero attached hydrogens (tertiary/aromatic N) is 3. The highest BCUT2D eigenvalue weighted by Gasteiger charge is 2.09. The highest BCUT2D eigenvalue weighted by molar-refractivity contribution is 6.31. The number of aromatic nitrogens is 2. The van der Waals surface area contributed by atoms with E-state index in [0.717, 1.165) is 0 Å². The minimum absolute atomic E-state index is 0.00648. The molecule has 0 aliphatic carbocycles. The average molecular weight is 237 g/mol. The Morgan fingerprint density at radius 1 is 1.50 bits per heavy atom. The molecular weight excluding hydrogens is 228 g/mol. The van der Waals surface area contributed by atoms with E-state index >= 15 is 0 Å². The summed E-state index contributed by atoms with van der Waals surface area (Å²) in [5.74, 6) is -0.00648. The van der Waals surface area contributed by atoms with Gasteiger partial charge in [-0.05, 0) is 24.3 Å². The number of rotatable bonds is 2. The molecule has 0 fully saturated rings. The van der Waals surface area contributed by atoms with Crippen LogP contribution in [0.15, 0.2) is 41.8 Å². The molecule has 2 aromatic rings. The maximum Gasteiger partial charge on any atom is 0.172 e. The molecule has 1 aromatic carbocycles. The first kappa shape index (κ1) is 10.5. The number of hydrogen-bond acceptors (Lipinski definition) is 3. The highest BCUT2D eigenvalue weighted by atomic mass is 35.5. The lowest BCUT2D eigenvalue weighted by Crippen LogP contribution is -2.16. The highest BCUT2D eigenvalue weighted by Crippen LogP contribution is 2.18. The summed E-state index contributed by atoms with van der Waals surface area (Å²) in [7, 11) is 0. The molecule has 0 unspecified atom stereocenters. The minimum atomic E-state index is -0.00648. The lowest BCUT2D eigenvalue weighted by molar-refractivity contribution is 0.318. The first-order chi connectivity index (χ1) is 7.72. The van der Waals surface area contributed by atoms with Crippen LogP contribution in [0.3, 0.4) is 0 Å². The van der Waals surface area contributed by atoms with E-state index in [1.165, 1.54) is 0 Å². The van der Waals surface area contributed by atoms with Crippen molar-refractivity contribution < 1.29 is 5.21 Å². The van der Waals surface area contributed by atoms with Gasteiger partial charge in [0, 0.05) is 23.0 Å². The molecule has 0 aliphatic rings. The molecule has 82 valence electrons. The van der Waals surface area contributed by atoms with Crippen LogP contribution < -0.4 is 5.73 Å². The van der Waals surface area contributed by atoms with Crippen LogP contribution in [0.1, 0.15) is 5.56 Å². The van der Waals surface area contributed by atoms with Crippen molar-refractivity contribution in [2.45, 2.75) is 0 Å². The SMILES string of the molecule is NC(=NO)c1cc(Cl)ccc1-n1cccn1. The van der Waals surface area contributed by atoms with E-state index in [9.17, 15) is 0 Å². The van der Waals surface area contributed by atoms with Gasteiger partial charge in [0.15, 0.2) is 5.84 Å². The van der Waals surface area contributed by atoms with Gasteiger partial charge >= 0.3 is 0 Å². The van der Waals surface area contributed by atoms with Crippen molar-refractivity contribution in [1.29, 1.82) is 0 Å². The summed E-state index contributed by atoms with van der Waals surface area (Å²) in [4.78, 5) is 0. The molecule has 3 N–H and O–H groups in total. The Morgan fingerprint density at radius 3 is 2.94 bits per heavy atom. The number of amidine groups is 1.